The first-order valence-corrected chi connectivity index (χ1v) is 28.3. The van der Waals surface area contributed by atoms with Gasteiger partial charge in [-0.05, 0) is 70.6 Å². The van der Waals surface area contributed by atoms with Gasteiger partial charge in [-0.3, -0.25) is 4.79 Å². The van der Waals surface area contributed by atoms with Gasteiger partial charge in [-0.15, -0.1) is 0 Å². The molecule has 0 bridgehead atoms. The van der Waals surface area contributed by atoms with E-state index in [0.29, 0.717) is 12.8 Å². The van der Waals surface area contributed by atoms with Gasteiger partial charge >= 0.3 is 0 Å². The fraction of sp³-hybridized carbons (Fsp3) is 0.754. The highest BCUT2D eigenvalue weighted by atomic mass is 16.3. The summed E-state index contributed by atoms with van der Waals surface area (Å²) in [7, 11) is 0. The Morgan fingerprint density at radius 3 is 1.00 bits per heavy atom. The van der Waals surface area contributed by atoms with Crippen LogP contribution in [0.1, 0.15) is 277 Å². The molecule has 0 fully saturated rings. The van der Waals surface area contributed by atoms with Crippen LogP contribution in [0.4, 0.5) is 0 Å². The van der Waals surface area contributed by atoms with Crippen LogP contribution in [0.5, 0.6) is 0 Å². The Labute approximate surface area is 405 Å². The standard InChI is InChI=1S/C61H109NO3/c1-3-5-7-9-11-13-15-17-19-21-23-25-27-29-30-31-33-34-36-38-40-42-44-46-48-50-52-54-56-60(64)59(58-63)62-61(65)57-55-53-51-49-47-45-43-41-39-37-35-32-28-26-24-22-20-18-16-14-12-10-8-6-4-2/h6,8,12,14,18,20,24,26,32,35,39,41,45,47,59-60,63-64H,3-5,7,9-11,13,15-17,19,21-23,25,27-31,33-34,36-38,40,42-44,46,48-58H2,1-2H3,(H,62,65)/b8-6-,14-12-,20-18-,26-24-,35-32-,41-39-,47-45-. The minimum absolute atomic E-state index is 0.0632. The molecule has 4 nitrogen and oxygen atoms in total. The van der Waals surface area contributed by atoms with Crippen molar-refractivity contribution in [2.75, 3.05) is 6.61 Å². The number of unbranched alkanes of at least 4 members (excludes halogenated alkanes) is 30. The maximum atomic E-state index is 12.5. The van der Waals surface area contributed by atoms with Crippen molar-refractivity contribution in [1.29, 1.82) is 0 Å². The Hall–Kier alpha value is -2.43. The Kier molecular flexibility index (Phi) is 53.8. The molecule has 2 unspecified atom stereocenters. The van der Waals surface area contributed by atoms with Crippen molar-refractivity contribution in [3.8, 4) is 0 Å². The molecule has 3 N–H and O–H groups in total. The summed E-state index contributed by atoms with van der Waals surface area (Å²) >= 11 is 0. The van der Waals surface area contributed by atoms with Gasteiger partial charge < -0.3 is 15.5 Å². The molecule has 376 valence electrons. The maximum absolute atomic E-state index is 12.5. The second-order valence-electron chi connectivity index (χ2n) is 19.0. The van der Waals surface area contributed by atoms with Crippen molar-refractivity contribution in [1.82, 2.24) is 5.32 Å². The lowest BCUT2D eigenvalue weighted by Gasteiger charge is -2.22. The number of aliphatic hydroxyl groups excluding tert-OH is 2. The lowest BCUT2D eigenvalue weighted by molar-refractivity contribution is -0.123. The average molecular weight is 905 g/mol. The lowest BCUT2D eigenvalue weighted by Crippen LogP contribution is -2.45. The van der Waals surface area contributed by atoms with E-state index in [2.05, 4.69) is 104 Å². The van der Waals surface area contributed by atoms with Gasteiger partial charge in [0.05, 0.1) is 18.8 Å². The zero-order chi connectivity index (χ0) is 47.0. The van der Waals surface area contributed by atoms with Crippen LogP contribution >= 0.6 is 0 Å². The molecule has 4 heteroatoms. The van der Waals surface area contributed by atoms with Crippen molar-refractivity contribution in [2.24, 2.45) is 0 Å². The number of carbonyl (C=O) groups excluding carboxylic acids is 1. The second kappa shape index (κ2) is 55.9. The van der Waals surface area contributed by atoms with E-state index in [9.17, 15) is 15.0 Å². The molecular weight excluding hydrogens is 795 g/mol. The SMILES string of the molecule is CC/C=C\C/C=C\C/C=C\C/C=C\C/C=C\C/C=C\C/C=C\CCCCCC(=O)NC(CO)C(O)CCCCCCCCCCCCCCCCCCCCCCCCCCCCCC. The number of nitrogens with one attached hydrogen (secondary N) is 1. The molecule has 0 rings (SSSR count). The van der Waals surface area contributed by atoms with E-state index >= 15 is 0 Å². The summed E-state index contributed by atoms with van der Waals surface area (Å²) in [6.45, 7) is 4.25. The fourth-order valence-electron chi connectivity index (χ4n) is 8.40. The molecule has 0 aliphatic heterocycles. The predicted molar refractivity (Wildman–Crippen MR) is 290 cm³/mol. The van der Waals surface area contributed by atoms with E-state index in [4.69, 9.17) is 0 Å². The summed E-state index contributed by atoms with van der Waals surface area (Å²) in [6.07, 6.45) is 81.4. The van der Waals surface area contributed by atoms with Crippen molar-refractivity contribution in [2.45, 2.75) is 289 Å². The first-order chi connectivity index (χ1) is 32.2. The topological polar surface area (TPSA) is 69.6 Å². The molecule has 0 heterocycles. The summed E-state index contributed by atoms with van der Waals surface area (Å²) in [5, 5.41) is 23.3. The zero-order valence-electron chi connectivity index (χ0n) is 43.2. The van der Waals surface area contributed by atoms with Gasteiger partial charge in [0.25, 0.3) is 0 Å². The van der Waals surface area contributed by atoms with Crippen LogP contribution in [0.25, 0.3) is 0 Å². The minimum atomic E-state index is -0.681. The largest absolute Gasteiger partial charge is 0.394 e. The van der Waals surface area contributed by atoms with E-state index in [0.717, 1.165) is 83.5 Å². The third-order valence-electron chi connectivity index (χ3n) is 12.7. The van der Waals surface area contributed by atoms with Crippen molar-refractivity contribution in [3.05, 3.63) is 85.1 Å². The highest BCUT2D eigenvalue weighted by molar-refractivity contribution is 5.76. The molecule has 1 amide bonds. The van der Waals surface area contributed by atoms with Gasteiger partial charge in [-0.25, -0.2) is 0 Å². The van der Waals surface area contributed by atoms with E-state index in [1.165, 1.54) is 167 Å². The average Bonchev–Trinajstić information content (AvgIpc) is 3.31. The predicted octanol–water partition coefficient (Wildman–Crippen LogP) is 18.8. The van der Waals surface area contributed by atoms with Crippen LogP contribution < -0.4 is 5.32 Å². The number of amides is 1. The van der Waals surface area contributed by atoms with Gasteiger partial charge in [-0.2, -0.15) is 0 Å². The molecule has 0 aliphatic carbocycles. The van der Waals surface area contributed by atoms with Crippen LogP contribution in [-0.2, 0) is 4.79 Å². The molecule has 2 atom stereocenters. The Balaban J connectivity index is 3.55. The lowest BCUT2D eigenvalue weighted by atomic mass is 10.0. The number of allylic oxidation sites excluding steroid dienone is 14. The highest BCUT2D eigenvalue weighted by Crippen LogP contribution is 2.17. The monoisotopic (exact) mass is 904 g/mol. The molecule has 0 saturated heterocycles. The fourth-order valence-corrected chi connectivity index (χ4v) is 8.40. The van der Waals surface area contributed by atoms with Gasteiger partial charge in [-0.1, -0.05) is 285 Å². The Morgan fingerprint density at radius 1 is 0.385 bits per heavy atom. The first kappa shape index (κ1) is 62.6. The second-order valence-corrected chi connectivity index (χ2v) is 19.0. The summed E-state index contributed by atoms with van der Waals surface area (Å²) < 4.78 is 0. The van der Waals surface area contributed by atoms with E-state index < -0.39 is 12.1 Å². The number of aliphatic hydroxyl groups is 2. The summed E-state index contributed by atoms with van der Waals surface area (Å²) in [5.41, 5.74) is 0. The molecular formula is C61H109NO3. The molecule has 0 radical (unpaired) electrons. The zero-order valence-corrected chi connectivity index (χ0v) is 43.2. The van der Waals surface area contributed by atoms with Crippen molar-refractivity contribution in [3.63, 3.8) is 0 Å². The summed E-state index contributed by atoms with van der Waals surface area (Å²) in [6, 6.07) is -0.562. The molecule has 0 aromatic heterocycles. The Bertz CT molecular complexity index is 1160. The smallest absolute Gasteiger partial charge is 0.220 e. The third kappa shape index (κ3) is 52.4. The van der Waals surface area contributed by atoms with E-state index in [1.807, 2.05) is 0 Å². The van der Waals surface area contributed by atoms with Crippen LogP contribution in [0.15, 0.2) is 85.1 Å². The molecule has 0 saturated carbocycles. The number of carbonyl (C=O) groups is 1. The molecule has 0 aliphatic rings. The first-order valence-electron chi connectivity index (χ1n) is 28.3. The maximum Gasteiger partial charge on any atom is 0.220 e. The van der Waals surface area contributed by atoms with Crippen LogP contribution in [0, 0.1) is 0 Å². The van der Waals surface area contributed by atoms with Gasteiger partial charge in [0.15, 0.2) is 0 Å². The molecule has 0 spiro atoms. The minimum Gasteiger partial charge on any atom is -0.394 e. The van der Waals surface area contributed by atoms with E-state index in [-0.39, 0.29) is 12.5 Å². The summed E-state index contributed by atoms with van der Waals surface area (Å²) in [5.74, 6) is -0.0632. The Morgan fingerprint density at radius 2 is 0.677 bits per heavy atom. The van der Waals surface area contributed by atoms with E-state index in [1.54, 1.807) is 0 Å². The molecule has 65 heavy (non-hydrogen) atoms. The van der Waals surface area contributed by atoms with Gasteiger partial charge in [0, 0.05) is 6.42 Å². The molecule has 0 aromatic rings. The van der Waals surface area contributed by atoms with Crippen LogP contribution in [-0.4, -0.2) is 34.9 Å². The van der Waals surface area contributed by atoms with Crippen LogP contribution in [0.2, 0.25) is 0 Å². The third-order valence-corrected chi connectivity index (χ3v) is 12.7. The quantitative estimate of drug-likeness (QED) is 0.0421. The summed E-state index contributed by atoms with van der Waals surface area (Å²) in [4.78, 5) is 12.5. The van der Waals surface area contributed by atoms with Crippen LogP contribution in [0.3, 0.4) is 0 Å². The number of rotatable bonds is 51. The van der Waals surface area contributed by atoms with Gasteiger partial charge in [0.2, 0.25) is 5.91 Å². The normalized spacial score (nSPS) is 13.5. The van der Waals surface area contributed by atoms with Gasteiger partial charge in [0.1, 0.15) is 0 Å². The number of hydrogen-bond donors (Lipinski definition) is 3. The highest BCUT2D eigenvalue weighted by Gasteiger charge is 2.20. The number of hydrogen-bond acceptors (Lipinski definition) is 3. The molecule has 0 aromatic carbocycles. The van der Waals surface area contributed by atoms with Crippen molar-refractivity contribution < 1.29 is 15.0 Å². The van der Waals surface area contributed by atoms with Crippen molar-refractivity contribution >= 4 is 5.91 Å².